The van der Waals surface area contributed by atoms with Crippen molar-refractivity contribution in [2.75, 3.05) is 26.2 Å². The predicted molar refractivity (Wildman–Crippen MR) is 96.1 cm³/mol. The minimum absolute atomic E-state index is 0.318. The predicted octanol–water partition coefficient (Wildman–Crippen LogP) is 2.40. The zero-order chi connectivity index (χ0) is 19.0. The number of carboxylic acid groups (broad SMARTS) is 2. The third-order valence-corrected chi connectivity index (χ3v) is 3.97. The van der Waals surface area contributed by atoms with Gasteiger partial charge in [0.15, 0.2) is 0 Å². The van der Waals surface area contributed by atoms with Crippen LogP contribution in [0.25, 0.3) is 0 Å². The minimum atomic E-state index is -1.82. The number of hydrogen-bond acceptors (Lipinski definition) is 5. The van der Waals surface area contributed by atoms with E-state index in [2.05, 4.69) is 47.7 Å². The van der Waals surface area contributed by atoms with E-state index in [4.69, 9.17) is 29.3 Å². The Morgan fingerprint density at radius 3 is 2.28 bits per heavy atom. The van der Waals surface area contributed by atoms with Crippen molar-refractivity contribution in [1.29, 1.82) is 0 Å². The molecule has 1 aliphatic rings. The van der Waals surface area contributed by atoms with E-state index in [1.807, 2.05) is 12.1 Å². The van der Waals surface area contributed by atoms with E-state index >= 15 is 0 Å². The third-order valence-electron chi connectivity index (χ3n) is 3.48. The van der Waals surface area contributed by atoms with Crippen LogP contribution in [-0.2, 0) is 14.3 Å². The summed E-state index contributed by atoms with van der Waals surface area (Å²) < 4.78 is 12.7. The van der Waals surface area contributed by atoms with E-state index in [1.165, 1.54) is 0 Å². The third kappa shape index (κ3) is 8.33. The molecule has 2 atom stereocenters. The second kappa shape index (κ2) is 10.4. The molecule has 1 aromatic carbocycles. The Kier molecular flexibility index (Phi) is 8.88. The fourth-order valence-corrected chi connectivity index (χ4v) is 3.00. The van der Waals surface area contributed by atoms with Crippen molar-refractivity contribution in [1.82, 2.24) is 4.90 Å². The smallest absolute Gasteiger partial charge is 0.414 e. The van der Waals surface area contributed by atoms with Crippen LogP contribution in [0.4, 0.5) is 0 Å². The number of halogens is 1. The molecule has 1 fully saturated rings. The molecule has 0 aliphatic carbocycles. The summed E-state index contributed by atoms with van der Waals surface area (Å²) in [6, 6.07) is 6.11. The summed E-state index contributed by atoms with van der Waals surface area (Å²) in [5, 5.41) is 14.8. The molecule has 0 aromatic heterocycles. The first-order chi connectivity index (χ1) is 11.7. The maximum atomic E-state index is 9.10. The topological polar surface area (TPSA) is 96.3 Å². The van der Waals surface area contributed by atoms with Gasteiger partial charge in [0.1, 0.15) is 12.4 Å². The van der Waals surface area contributed by atoms with Gasteiger partial charge in [0, 0.05) is 24.1 Å². The maximum Gasteiger partial charge on any atom is 0.414 e. The summed E-state index contributed by atoms with van der Waals surface area (Å²) in [4.78, 5) is 20.6. The molecule has 0 spiro atoms. The van der Waals surface area contributed by atoms with Gasteiger partial charge in [0.05, 0.1) is 12.2 Å². The molecular weight excluding hydrogens is 394 g/mol. The van der Waals surface area contributed by atoms with Gasteiger partial charge in [-0.1, -0.05) is 15.9 Å². The lowest BCUT2D eigenvalue weighted by Gasteiger charge is -2.35. The molecule has 0 bridgehead atoms. The number of benzene rings is 1. The van der Waals surface area contributed by atoms with Crippen LogP contribution in [0.1, 0.15) is 19.4 Å². The van der Waals surface area contributed by atoms with Crippen LogP contribution in [0.5, 0.6) is 5.75 Å². The Labute approximate surface area is 155 Å². The van der Waals surface area contributed by atoms with Crippen molar-refractivity contribution >= 4 is 27.9 Å². The van der Waals surface area contributed by atoms with Gasteiger partial charge in [-0.2, -0.15) is 0 Å². The summed E-state index contributed by atoms with van der Waals surface area (Å²) in [5.41, 5.74) is 1.16. The number of carbonyl (C=O) groups is 2. The van der Waals surface area contributed by atoms with Gasteiger partial charge in [-0.05, 0) is 44.5 Å². The van der Waals surface area contributed by atoms with Gasteiger partial charge in [-0.15, -0.1) is 0 Å². The molecule has 2 rings (SSSR count). The maximum absolute atomic E-state index is 9.10. The lowest BCUT2D eigenvalue weighted by molar-refractivity contribution is -0.159. The largest absolute Gasteiger partial charge is 0.492 e. The van der Waals surface area contributed by atoms with Crippen molar-refractivity contribution in [3.05, 3.63) is 28.2 Å². The van der Waals surface area contributed by atoms with Crippen molar-refractivity contribution in [3.63, 3.8) is 0 Å². The van der Waals surface area contributed by atoms with Crippen LogP contribution in [0, 0.1) is 6.92 Å². The summed E-state index contributed by atoms with van der Waals surface area (Å²) >= 11 is 3.46. The molecule has 1 saturated heterocycles. The van der Waals surface area contributed by atoms with E-state index in [1.54, 1.807) is 0 Å². The van der Waals surface area contributed by atoms with Crippen LogP contribution in [-0.4, -0.2) is 65.5 Å². The molecule has 7 nitrogen and oxygen atoms in total. The number of ether oxygens (including phenoxy) is 2. The first-order valence-electron chi connectivity index (χ1n) is 7.92. The highest BCUT2D eigenvalue weighted by Crippen LogP contribution is 2.22. The Hall–Kier alpha value is -1.64. The first-order valence-corrected chi connectivity index (χ1v) is 8.71. The summed E-state index contributed by atoms with van der Waals surface area (Å²) in [6.45, 7) is 9.99. The molecule has 1 aliphatic heterocycles. The first kappa shape index (κ1) is 21.4. The average Bonchev–Trinajstić information content (AvgIpc) is 2.49. The Morgan fingerprint density at radius 2 is 1.80 bits per heavy atom. The number of rotatable bonds is 4. The van der Waals surface area contributed by atoms with Gasteiger partial charge < -0.3 is 19.7 Å². The molecule has 1 aromatic rings. The second-order valence-corrected chi connectivity index (χ2v) is 6.80. The summed E-state index contributed by atoms with van der Waals surface area (Å²) in [6.07, 6.45) is 0.635. The molecule has 8 heteroatoms. The quantitative estimate of drug-likeness (QED) is 0.725. The zero-order valence-electron chi connectivity index (χ0n) is 14.6. The molecule has 140 valence electrons. The van der Waals surface area contributed by atoms with Gasteiger partial charge in [-0.3, -0.25) is 4.90 Å². The van der Waals surface area contributed by atoms with Crippen molar-refractivity contribution in [2.24, 2.45) is 0 Å². The van der Waals surface area contributed by atoms with E-state index < -0.39 is 11.9 Å². The van der Waals surface area contributed by atoms with Crippen LogP contribution in [0.15, 0.2) is 22.7 Å². The van der Waals surface area contributed by atoms with Gasteiger partial charge in [-0.25, -0.2) is 9.59 Å². The normalized spacial score (nSPS) is 20.3. The average molecular weight is 418 g/mol. The summed E-state index contributed by atoms with van der Waals surface area (Å²) in [5.74, 6) is -2.68. The lowest BCUT2D eigenvalue weighted by atomic mass is 10.2. The van der Waals surface area contributed by atoms with E-state index in [0.29, 0.717) is 12.2 Å². The standard InChI is InChI=1S/C15H22BrNO2.C2H2O4/c1-11-8-14(16)4-5-15(11)18-7-6-17-9-12(2)19-13(3)10-17;3-1(4)2(5)6/h4-5,8,12-13H,6-7,9-10H2,1-3H3;(H,3,4)(H,5,6). The number of morpholine rings is 1. The molecule has 1 heterocycles. The number of nitrogens with zero attached hydrogens (tertiary/aromatic N) is 1. The van der Waals surface area contributed by atoms with Crippen LogP contribution < -0.4 is 4.74 Å². The molecule has 2 unspecified atom stereocenters. The van der Waals surface area contributed by atoms with E-state index in [-0.39, 0.29) is 0 Å². The molecular formula is C17H24BrNO6. The van der Waals surface area contributed by atoms with Crippen LogP contribution in [0.2, 0.25) is 0 Å². The SMILES string of the molecule is Cc1cc(Br)ccc1OCCN1CC(C)OC(C)C1.O=C(O)C(=O)O. The number of carboxylic acids is 2. The minimum Gasteiger partial charge on any atom is -0.492 e. The molecule has 2 N–H and O–H groups in total. The Bertz CT molecular complexity index is 573. The highest BCUT2D eigenvalue weighted by atomic mass is 79.9. The van der Waals surface area contributed by atoms with Crippen molar-refractivity contribution in [3.8, 4) is 5.75 Å². The zero-order valence-corrected chi connectivity index (χ0v) is 16.2. The van der Waals surface area contributed by atoms with Crippen LogP contribution >= 0.6 is 15.9 Å². The fourth-order valence-electron chi connectivity index (χ4n) is 2.53. The Morgan fingerprint density at radius 1 is 1.24 bits per heavy atom. The van der Waals surface area contributed by atoms with E-state index in [9.17, 15) is 0 Å². The van der Waals surface area contributed by atoms with Crippen molar-refractivity contribution in [2.45, 2.75) is 33.0 Å². The van der Waals surface area contributed by atoms with Crippen LogP contribution in [0.3, 0.4) is 0 Å². The van der Waals surface area contributed by atoms with Gasteiger partial charge in [0.25, 0.3) is 0 Å². The fraction of sp³-hybridized carbons (Fsp3) is 0.529. The monoisotopic (exact) mass is 417 g/mol. The number of aliphatic carboxylic acids is 2. The number of aryl methyl sites for hydroxylation is 1. The Balaban J connectivity index is 0.000000450. The van der Waals surface area contributed by atoms with E-state index in [0.717, 1.165) is 42.0 Å². The van der Waals surface area contributed by atoms with Crippen molar-refractivity contribution < 1.29 is 29.3 Å². The molecule has 25 heavy (non-hydrogen) atoms. The van der Waals surface area contributed by atoms with Gasteiger partial charge in [0.2, 0.25) is 0 Å². The molecule has 0 saturated carbocycles. The second-order valence-electron chi connectivity index (χ2n) is 5.89. The summed E-state index contributed by atoms with van der Waals surface area (Å²) in [7, 11) is 0. The highest BCUT2D eigenvalue weighted by molar-refractivity contribution is 9.10. The molecule has 0 radical (unpaired) electrons. The van der Waals surface area contributed by atoms with Gasteiger partial charge >= 0.3 is 11.9 Å². The lowest BCUT2D eigenvalue weighted by Crippen LogP contribution is -2.46. The number of hydrogen-bond donors (Lipinski definition) is 2. The molecule has 0 amide bonds. The highest BCUT2D eigenvalue weighted by Gasteiger charge is 2.21.